The number of aliphatic imine (C=N–C) groups is 1. The van der Waals surface area contributed by atoms with Crippen LogP contribution in [0, 0.1) is 12.8 Å². The second-order valence-electron chi connectivity index (χ2n) is 7.56. The predicted molar refractivity (Wildman–Crippen MR) is 132 cm³/mol. The largest absolute Gasteiger partial charge is 0.491 e. The zero-order valence-electron chi connectivity index (χ0n) is 18.4. The third-order valence-electron chi connectivity index (χ3n) is 5.21. The summed E-state index contributed by atoms with van der Waals surface area (Å²) in [6.45, 7) is 15.4. The highest BCUT2D eigenvalue weighted by Gasteiger charge is 2.26. The Balaban J connectivity index is 0.00000420. The summed E-state index contributed by atoms with van der Waals surface area (Å²) in [5.74, 6) is 2.37. The van der Waals surface area contributed by atoms with Crippen molar-refractivity contribution in [3.63, 3.8) is 0 Å². The van der Waals surface area contributed by atoms with Gasteiger partial charge < -0.3 is 25.0 Å². The fourth-order valence-corrected chi connectivity index (χ4v) is 3.59. The van der Waals surface area contributed by atoms with E-state index >= 15 is 0 Å². The second-order valence-corrected chi connectivity index (χ2v) is 7.56. The minimum Gasteiger partial charge on any atom is -0.491 e. The number of guanidine groups is 1. The van der Waals surface area contributed by atoms with Crippen molar-refractivity contribution in [3.8, 4) is 5.75 Å². The Kier molecular flexibility index (Phi) is 12.6. The average Bonchev–Trinajstić information content (AvgIpc) is 3.16. The van der Waals surface area contributed by atoms with Gasteiger partial charge in [0.2, 0.25) is 0 Å². The van der Waals surface area contributed by atoms with Crippen LogP contribution in [0.5, 0.6) is 5.75 Å². The summed E-state index contributed by atoms with van der Waals surface area (Å²) in [6, 6.07) is 7.87. The molecular weight excluding hydrogens is 479 g/mol. The molecule has 0 spiro atoms. The molecule has 6 nitrogen and oxygen atoms in total. The standard InChI is InChI=1S/C22H38N4O2.HI/c1-5-23-22(26-12-11-19(16-26)15-25(6-2)7-3)24-14-20(27)17-28-21-10-8-9-18(4)13-21;/h8-10,13,19-20,27H,5-7,11-12,14-17H2,1-4H3,(H,23,24);1H. The molecule has 1 fully saturated rings. The molecule has 1 aromatic rings. The summed E-state index contributed by atoms with van der Waals surface area (Å²) in [7, 11) is 0. The number of halogens is 1. The summed E-state index contributed by atoms with van der Waals surface area (Å²) >= 11 is 0. The van der Waals surface area contributed by atoms with Crippen LogP contribution in [0.15, 0.2) is 29.3 Å². The number of aryl methyl sites for hydroxylation is 1. The molecule has 29 heavy (non-hydrogen) atoms. The van der Waals surface area contributed by atoms with Crippen LogP contribution >= 0.6 is 24.0 Å². The van der Waals surface area contributed by atoms with Gasteiger partial charge in [-0.15, -0.1) is 24.0 Å². The number of hydrogen-bond donors (Lipinski definition) is 2. The number of nitrogens with zero attached hydrogens (tertiary/aromatic N) is 3. The summed E-state index contributed by atoms with van der Waals surface area (Å²) in [6.07, 6.45) is 0.572. The van der Waals surface area contributed by atoms with Gasteiger partial charge in [0.25, 0.3) is 0 Å². The predicted octanol–water partition coefficient (Wildman–Crippen LogP) is 2.98. The molecule has 0 radical (unpaired) electrons. The van der Waals surface area contributed by atoms with Crippen molar-refractivity contribution in [2.24, 2.45) is 10.9 Å². The maximum absolute atomic E-state index is 10.3. The summed E-state index contributed by atoms with van der Waals surface area (Å²) in [5.41, 5.74) is 1.15. The minimum absolute atomic E-state index is 0. The van der Waals surface area contributed by atoms with Crippen molar-refractivity contribution in [2.45, 2.75) is 40.2 Å². The van der Waals surface area contributed by atoms with E-state index < -0.39 is 6.10 Å². The average molecular weight is 518 g/mol. The molecule has 2 atom stereocenters. The van der Waals surface area contributed by atoms with E-state index in [1.54, 1.807) is 0 Å². The summed E-state index contributed by atoms with van der Waals surface area (Å²) in [4.78, 5) is 9.48. The Morgan fingerprint density at radius 2 is 2.10 bits per heavy atom. The molecule has 2 rings (SSSR count). The Labute approximate surface area is 193 Å². The molecule has 2 N–H and O–H groups in total. The minimum atomic E-state index is -0.622. The van der Waals surface area contributed by atoms with Crippen molar-refractivity contribution < 1.29 is 9.84 Å². The maximum Gasteiger partial charge on any atom is 0.194 e. The van der Waals surface area contributed by atoms with Gasteiger partial charge in [-0.25, -0.2) is 0 Å². The lowest BCUT2D eigenvalue weighted by Crippen LogP contribution is -2.41. The topological polar surface area (TPSA) is 60.3 Å². The highest BCUT2D eigenvalue weighted by Crippen LogP contribution is 2.18. The van der Waals surface area contributed by atoms with Crippen LogP contribution in [0.2, 0.25) is 0 Å². The molecule has 1 heterocycles. The van der Waals surface area contributed by atoms with E-state index in [1.165, 1.54) is 6.42 Å². The molecule has 0 aliphatic carbocycles. The molecule has 7 heteroatoms. The maximum atomic E-state index is 10.3. The first-order valence-electron chi connectivity index (χ1n) is 10.7. The van der Waals surface area contributed by atoms with Gasteiger partial charge in [0, 0.05) is 26.2 Å². The number of rotatable bonds is 10. The number of hydrogen-bond acceptors (Lipinski definition) is 4. The monoisotopic (exact) mass is 518 g/mol. The fourth-order valence-electron chi connectivity index (χ4n) is 3.59. The number of aliphatic hydroxyl groups is 1. The van der Waals surface area contributed by atoms with E-state index in [2.05, 4.69) is 40.9 Å². The Morgan fingerprint density at radius 3 is 2.76 bits per heavy atom. The van der Waals surface area contributed by atoms with E-state index in [1.807, 2.05) is 31.2 Å². The molecule has 0 aromatic heterocycles. The van der Waals surface area contributed by atoms with E-state index in [0.29, 0.717) is 12.5 Å². The van der Waals surface area contributed by atoms with Gasteiger partial charge in [0.15, 0.2) is 5.96 Å². The molecule has 2 unspecified atom stereocenters. The van der Waals surface area contributed by atoms with E-state index in [9.17, 15) is 5.11 Å². The van der Waals surface area contributed by atoms with Gasteiger partial charge in [-0.05, 0) is 57.0 Å². The van der Waals surface area contributed by atoms with Crippen LogP contribution in [0.3, 0.4) is 0 Å². The zero-order chi connectivity index (χ0) is 20.4. The van der Waals surface area contributed by atoms with Gasteiger partial charge in [-0.3, -0.25) is 4.99 Å². The molecular formula is C22H39IN4O2. The first kappa shape index (κ1) is 26.0. The van der Waals surface area contributed by atoms with Crippen LogP contribution in [-0.4, -0.2) is 79.4 Å². The van der Waals surface area contributed by atoms with E-state index in [0.717, 1.165) is 56.5 Å². The van der Waals surface area contributed by atoms with Crippen LogP contribution in [0.1, 0.15) is 32.8 Å². The quantitative estimate of drug-likeness (QED) is 0.284. The fraction of sp³-hybridized carbons (Fsp3) is 0.682. The van der Waals surface area contributed by atoms with E-state index in [-0.39, 0.29) is 30.6 Å². The molecule has 0 bridgehead atoms. The number of aliphatic hydroxyl groups excluding tert-OH is 1. The molecule has 1 saturated heterocycles. The Hall–Kier alpha value is -1.06. The van der Waals surface area contributed by atoms with Gasteiger partial charge in [-0.2, -0.15) is 0 Å². The lowest BCUT2D eigenvalue weighted by atomic mass is 10.1. The van der Waals surface area contributed by atoms with Crippen LogP contribution in [0.4, 0.5) is 0 Å². The first-order valence-corrected chi connectivity index (χ1v) is 10.7. The molecule has 0 saturated carbocycles. The van der Waals surface area contributed by atoms with Crippen molar-refractivity contribution in [1.82, 2.24) is 15.1 Å². The molecule has 166 valence electrons. The molecule has 0 amide bonds. The summed E-state index contributed by atoms with van der Waals surface area (Å²) < 4.78 is 5.69. The van der Waals surface area contributed by atoms with Crippen LogP contribution < -0.4 is 10.1 Å². The molecule has 1 aromatic carbocycles. The van der Waals surface area contributed by atoms with Crippen LogP contribution in [-0.2, 0) is 0 Å². The number of benzene rings is 1. The zero-order valence-corrected chi connectivity index (χ0v) is 20.8. The highest BCUT2D eigenvalue weighted by atomic mass is 127. The molecule has 1 aliphatic heterocycles. The lowest BCUT2D eigenvalue weighted by Gasteiger charge is -2.24. The number of ether oxygens (including phenoxy) is 1. The van der Waals surface area contributed by atoms with Gasteiger partial charge in [-0.1, -0.05) is 26.0 Å². The second kappa shape index (κ2) is 14.0. The van der Waals surface area contributed by atoms with Crippen molar-refractivity contribution >= 4 is 29.9 Å². The Bertz CT molecular complexity index is 610. The Morgan fingerprint density at radius 1 is 1.34 bits per heavy atom. The van der Waals surface area contributed by atoms with Gasteiger partial charge >= 0.3 is 0 Å². The number of likely N-dealkylation sites (tertiary alicyclic amines) is 1. The molecule has 1 aliphatic rings. The van der Waals surface area contributed by atoms with Crippen molar-refractivity contribution in [2.75, 3.05) is 52.4 Å². The van der Waals surface area contributed by atoms with Crippen molar-refractivity contribution in [3.05, 3.63) is 29.8 Å². The number of nitrogens with one attached hydrogen (secondary N) is 1. The van der Waals surface area contributed by atoms with Crippen LogP contribution in [0.25, 0.3) is 0 Å². The summed E-state index contributed by atoms with van der Waals surface area (Å²) in [5, 5.41) is 13.7. The van der Waals surface area contributed by atoms with E-state index in [4.69, 9.17) is 4.74 Å². The van der Waals surface area contributed by atoms with Gasteiger partial charge in [0.05, 0.1) is 6.54 Å². The van der Waals surface area contributed by atoms with Crippen molar-refractivity contribution in [1.29, 1.82) is 0 Å². The highest BCUT2D eigenvalue weighted by molar-refractivity contribution is 14.0. The van der Waals surface area contributed by atoms with Gasteiger partial charge in [0.1, 0.15) is 18.5 Å². The normalized spacial score (nSPS) is 17.9. The first-order chi connectivity index (χ1) is 13.5. The smallest absolute Gasteiger partial charge is 0.194 e. The third-order valence-corrected chi connectivity index (χ3v) is 5.21. The third kappa shape index (κ3) is 9.09. The SMILES string of the molecule is CCNC(=NCC(O)COc1cccc(C)c1)N1CCC(CN(CC)CC)C1.I. The lowest BCUT2D eigenvalue weighted by molar-refractivity contribution is 0.114.